The van der Waals surface area contributed by atoms with Crippen molar-refractivity contribution in [3.05, 3.63) is 119 Å². The largest absolute Gasteiger partial charge is 0.457 e. The number of benzene rings is 3. The maximum atomic E-state index is 13.0. The van der Waals surface area contributed by atoms with Crippen LogP contribution >= 0.6 is 0 Å². The average molecular weight is 514 g/mol. The molecule has 8 heteroatoms. The summed E-state index contributed by atoms with van der Waals surface area (Å²) in [6, 6.07) is 21.3. The Balaban J connectivity index is 1.29. The van der Waals surface area contributed by atoms with E-state index in [1.807, 2.05) is 31.2 Å². The summed E-state index contributed by atoms with van der Waals surface area (Å²) in [5.74, 6) is 6.86. The van der Waals surface area contributed by atoms with Crippen molar-refractivity contribution in [2.75, 3.05) is 12.4 Å². The minimum Gasteiger partial charge on any atom is -0.457 e. The van der Waals surface area contributed by atoms with E-state index in [1.54, 1.807) is 54.7 Å². The van der Waals surface area contributed by atoms with Crippen LogP contribution in [0.25, 0.3) is 10.9 Å². The van der Waals surface area contributed by atoms with Gasteiger partial charge in [-0.25, -0.2) is 9.97 Å². The number of carbonyl (C=O) groups excluding carboxylic acids is 2. The van der Waals surface area contributed by atoms with E-state index in [9.17, 15) is 9.59 Å². The molecule has 3 aromatic carbocycles. The summed E-state index contributed by atoms with van der Waals surface area (Å²) in [6.07, 6.45) is 4.77. The maximum absolute atomic E-state index is 13.0. The maximum Gasteiger partial charge on any atom is 0.269 e. The fourth-order valence-electron chi connectivity index (χ4n) is 3.82. The Morgan fingerprint density at radius 1 is 0.846 bits per heavy atom. The molecule has 190 valence electrons. The zero-order valence-electron chi connectivity index (χ0n) is 21.2. The first-order valence-electron chi connectivity index (χ1n) is 12.1. The van der Waals surface area contributed by atoms with Gasteiger partial charge in [-0.1, -0.05) is 24.0 Å². The highest BCUT2D eigenvalue weighted by Gasteiger charge is 2.10. The summed E-state index contributed by atoms with van der Waals surface area (Å²) in [7, 11) is 1.54. The van der Waals surface area contributed by atoms with Crippen molar-refractivity contribution in [3.63, 3.8) is 0 Å². The van der Waals surface area contributed by atoms with Gasteiger partial charge in [0, 0.05) is 53.3 Å². The van der Waals surface area contributed by atoms with Crippen molar-refractivity contribution < 1.29 is 14.3 Å². The molecule has 0 spiro atoms. The van der Waals surface area contributed by atoms with Crippen LogP contribution < -0.4 is 15.4 Å². The molecule has 0 bridgehead atoms. The highest BCUT2D eigenvalue weighted by Crippen LogP contribution is 2.24. The number of rotatable bonds is 5. The summed E-state index contributed by atoms with van der Waals surface area (Å²) >= 11 is 0. The molecule has 0 radical (unpaired) electrons. The zero-order valence-corrected chi connectivity index (χ0v) is 21.2. The van der Waals surface area contributed by atoms with Gasteiger partial charge in [0.15, 0.2) is 0 Å². The van der Waals surface area contributed by atoms with E-state index in [1.165, 1.54) is 19.6 Å². The van der Waals surface area contributed by atoms with Gasteiger partial charge in [0.1, 0.15) is 23.5 Å². The highest BCUT2D eigenvalue weighted by molar-refractivity contribution is 6.04. The lowest BCUT2D eigenvalue weighted by Crippen LogP contribution is -2.18. The van der Waals surface area contributed by atoms with Crippen LogP contribution in [0.15, 0.2) is 91.5 Å². The fourth-order valence-corrected chi connectivity index (χ4v) is 3.82. The predicted octanol–water partition coefficient (Wildman–Crippen LogP) is 5.14. The molecule has 0 aliphatic carbocycles. The van der Waals surface area contributed by atoms with Gasteiger partial charge in [-0.05, 0) is 67.1 Å². The molecule has 0 saturated carbocycles. The van der Waals surface area contributed by atoms with Crippen LogP contribution in [-0.4, -0.2) is 33.8 Å². The molecule has 2 amide bonds. The van der Waals surface area contributed by atoms with E-state index >= 15 is 0 Å². The first-order chi connectivity index (χ1) is 19.0. The van der Waals surface area contributed by atoms with Crippen molar-refractivity contribution in [1.29, 1.82) is 0 Å². The lowest BCUT2D eigenvalue weighted by Gasteiger charge is -2.09. The molecular formula is C31H23N5O3. The summed E-state index contributed by atoms with van der Waals surface area (Å²) in [5.41, 5.74) is 4.73. The standard InChI is InChI=1S/C31H23N5O3/c1-20-6-7-23(16-22(20)9-8-21-4-3-5-28-27(21)18-33-19-35-28)30(37)36-24-10-12-25(13-11-24)39-26-14-15-34-29(17-26)31(38)32-2/h3-7,10-19H,1-2H3,(H,32,38)(H,36,37). The topological polar surface area (TPSA) is 106 Å². The number of hydrogen-bond donors (Lipinski definition) is 2. The van der Waals surface area contributed by atoms with E-state index in [-0.39, 0.29) is 17.5 Å². The third-order valence-electron chi connectivity index (χ3n) is 5.92. The fraction of sp³-hybridized carbons (Fsp3) is 0.0645. The van der Waals surface area contributed by atoms with E-state index in [0.717, 1.165) is 27.6 Å². The van der Waals surface area contributed by atoms with Gasteiger partial charge in [-0.3, -0.25) is 14.6 Å². The van der Waals surface area contributed by atoms with Crippen molar-refractivity contribution >= 4 is 28.4 Å². The molecule has 5 aromatic rings. The minimum absolute atomic E-state index is 0.255. The molecule has 0 aliphatic rings. The van der Waals surface area contributed by atoms with Crippen LogP contribution in [0.5, 0.6) is 11.5 Å². The van der Waals surface area contributed by atoms with Gasteiger partial charge in [0.25, 0.3) is 11.8 Å². The molecule has 2 N–H and O–H groups in total. The van der Waals surface area contributed by atoms with E-state index in [2.05, 4.69) is 37.4 Å². The lowest BCUT2D eigenvalue weighted by atomic mass is 10.0. The predicted molar refractivity (Wildman–Crippen MR) is 149 cm³/mol. The van der Waals surface area contributed by atoms with E-state index < -0.39 is 0 Å². The molecule has 0 unspecified atom stereocenters. The van der Waals surface area contributed by atoms with Gasteiger partial charge >= 0.3 is 0 Å². The van der Waals surface area contributed by atoms with Crippen LogP contribution in [0.3, 0.4) is 0 Å². The minimum atomic E-state index is -0.299. The molecule has 0 aliphatic heterocycles. The zero-order chi connectivity index (χ0) is 27.2. The van der Waals surface area contributed by atoms with Gasteiger partial charge in [-0.2, -0.15) is 0 Å². The summed E-state index contributed by atoms with van der Waals surface area (Å²) in [6.45, 7) is 1.96. The second kappa shape index (κ2) is 11.2. The number of nitrogens with zero attached hydrogens (tertiary/aromatic N) is 3. The number of hydrogen-bond acceptors (Lipinski definition) is 6. The van der Waals surface area contributed by atoms with Gasteiger partial charge in [0.2, 0.25) is 0 Å². The third kappa shape index (κ3) is 5.89. The third-order valence-corrected chi connectivity index (χ3v) is 5.92. The van der Waals surface area contributed by atoms with Crippen LogP contribution in [0.1, 0.15) is 37.5 Å². The Morgan fingerprint density at radius 2 is 1.67 bits per heavy atom. The van der Waals surface area contributed by atoms with Gasteiger partial charge in [-0.15, -0.1) is 0 Å². The van der Waals surface area contributed by atoms with Crippen LogP contribution in [0.4, 0.5) is 5.69 Å². The smallest absolute Gasteiger partial charge is 0.269 e. The van der Waals surface area contributed by atoms with Crippen molar-refractivity contribution in [3.8, 4) is 23.3 Å². The first-order valence-corrected chi connectivity index (χ1v) is 12.1. The molecule has 2 aromatic heterocycles. The van der Waals surface area contributed by atoms with E-state index in [4.69, 9.17) is 4.74 Å². The molecule has 39 heavy (non-hydrogen) atoms. The number of anilines is 1. The lowest BCUT2D eigenvalue weighted by molar-refractivity contribution is 0.0957. The molecule has 0 saturated heterocycles. The number of fused-ring (bicyclic) bond motifs is 1. The summed E-state index contributed by atoms with van der Waals surface area (Å²) in [4.78, 5) is 37.2. The molecule has 8 nitrogen and oxygen atoms in total. The van der Waals surface area contributed by atoms with E-state index in [0.29, 0.717) is 22.7 Å². The van der Waals surface area contributed by atoms with Crippen LogP contribution in [0, 0.1) is 18.8 Å². The Morgan fingerprint density at radius 3 is 2.49 bits per heavy atom. The van der Waals surface area contributed by atoms with Crippen molar-refractivity contribution in [2.45, 2.75) is 6.92 Å². The number of ether oxygens (including phenoxy) is 1. The Labute approximate surface area is 225 Å². The number of aryl methyl sites for hydroxylation is 1. The number of aromatic nitrogens is 3. The van der Waals surface area contributed by atoms with Gasteiger partial charge < -0.3 is 15.4 Å². The Hall–Kier alpha value is -5.55. The van der Waals surface area contributed by atoms with Crippen LogP contribution in [-0.2, 0) is 0 Å². The molecule has 2 heterocycles. The number of pyridine rings is 1. The number of nitrogens with one attached hydrogen (secondary N) is 2. The highest BCUT2D eigenvalue weighted by atomic mass is 16.5. The summed E-state index contributed by atoms with van der Waals surface area (Å²) in [5, 5.41) is 6.31. The Bertz CT molecular complexity index is 1750. The number of amides is 2. The molecule has 0 atom stereocenters. The van der Waals surface area contributed by atoms with Gasteiger partial charge in [0.05, 0.1) is 5.52 Å². The summed E-state index contributed by atoms with van der Waals surface area (Å²) < 4.78 is 5.82. The molecule has 0 fully saturated rings. The normalized spacial score (nSPS) is 10.3. The second-order valence-corrected chi connectivity index (χ2v) is 8.58. The van der Waals surface area contributed by atoms with Crippen molar-refractivity contribution in [1.82, 2.24) is 20.3 Å². The van der Waals surface area contributed by atoms with Crippen LogP contribution in [0.2, 0.25) is 0 Å². The average Bonchev–Trinajstić information content (AvgIpc) is 2.97. The Kier molecular flexibility index (Phi) is 7.23. The molecular weight excluding hydrogens is 490 g/mol. The second-order valence-electron chi connectivity index (χ2n) is 8.58. The SMILES string of the molecule is CNC(=O)c1cc(Oc2ccc(NC(=O)c3ccc(C)c(C#Cc4cccc5ncncc45)c3)cc2)ccn1. The number of carbonyl (C=O) groups is 2. The quantitative estimate of drug-likeness (QED) is 0.315. The molecule has 5 rings (SSSR count). The first kappa shape index (κ1) is 25.1. The van der Waals surface area contributed by atoms with Crippen molar-refractivity contribution in [2.24, 2.45) is 0 Å². The monoisotopic (exact) mass is 513 g/mol.